The molecule has 0 amide bonds. The second-order valence-corrected chi connectivity index (χ2v) is 2.71. The summed E-state index contributed by atoms with van der Waals surface area (Å²) in [6.07, 6.45) is -4.76. The van der Waals surface area contributed by atoms with Crippen LogP contribution in [0.1, 0.15) is 6.42 Å². The lowest BCUT2D eigenvalue weighted by atomic mass is 10.1. The van der Waals surface area contributed by atoms with Gasteiger partial charge >= 0.3 is 0 Å². The number of aliphatic hydroxyl groups excluding tert-OH is 4. The molecular weight excluding hydrogens is 164 g/mol. The van der Waals surface area contributed by atoms with Gasteiger partial charge in [-0.3, -0.25) is 0 Å². The molecule has 0 aliphatic heterocycles. The smallest absolute Gasteiger partial charge is 0.108 e. The molecule has 3 unspecified atom stereocenters. The predicted octanol–water partition coefficient (Wildman–Crippen LogP) is -3.30. The molecule has 0 bridgehead atoms. The Morgan fingerprint density at radius 3 is 1.92 bits per heavy atom. The van der Waals surface area contributed by atoms with Crippen molar-refractivity contribution >= 4 is 0 Å². The minimum absolute atomic E-state index is 0.150. The summed E-state index contributed by atoms with van der Waals surface area (Å²) in [4.78, 5) is 0. The first kappa shape index (κ1) is 11.8. The molecule has 0 radical (unpaired) electrons. The minimum atomic E-state index is -1.29. The first-order valence-corrected chi connectivity index (χ1v) is 3.65. The second kappa shape index (κ2) is 5.41. The Kier molecular flexibility index (Phi) is 5.31. The summed E-state index contributed by atoms with van der Waals surface area (Å²) in [7, 11) is 0. The van der Waals surface area contributed by atoms with Crippen molar-refractivity contribution in [2.45, 2.75) is 30.9 Å². The highest BCUT2D eigenvalue weighted by Crippen LogP contribution is 2.03. The van der Waals surface area contributed by atoms with Gasteiger partial charge in [0, 0.05) is 6.42 Å². The molecule has 0 aliphatic rings. The van der Waals surface area contributed by atoms with Gasteiger partial charge in [-0.05, 0) is 0 Å². The van der Waals surface area contributed by atoms with Crippen LogP contribution in [0.15, 0.2) is 0 Å². The second-order valence-electron chi connectivity index (χ2n) is 2.71. The van der Waals surface area contributed by atoms with Gasteiger partial charge in [-0.15, -0.1) is 0 Å². The van der Waals surface area contributed by atoms with E-state index < -0.39 is 31.1 Å². The Morgan fingerprint density at radius 2 is 1.58 bits per heavy atom. The molecule has 8 N–H and O–H groups in total. The van der Waals surface area contributed by atoms with Gasteiger partial charge in [0.05, 0.1) is 25.0 Å². The van der Waals surface area contributed by atoms with E-state index in [9.17, 15) is 0 Å². The van der Waals surface area contributed by atoms with Gasteiger partial charge in [-0.1, -0.05) is 0 Å². The third kappa shape index (κ3) is 3.96. The molecular formula is C6H16N2O4. The Morgan fingerprint density at radius 1 is 1.08 bits per heavy atom. The maximum atomic E-state index is 9.11. The Bertz CT molecular complexity index is 122. The molecule has 0 spiro atoms. The number of hydrogen-bond acceptors (Lipinski definition) is 6. The van der Waals surface area contributed by atoms with Crippen molar-refractivity contribution < 1.29 is 20.4 Å². The summed E-state index contributed by atoms with van der Waals surface area (Å²) in [6.45, 7) is -0.469. The minimum Gasteiger partial charge on any atom is -0.394 e. The lowest BCUT2D eigenvalue weighted by Gasteiger charge is -2.22. The van der Waals surface area contributed by atoms with Gasteiger partial charge in [0.15, 0.2) is 0 Å². The maximum Gasteiger partial charge on any atom is 0.108 e. The van der Waals surface area contributed by atoms with Crippen LogP contribution in [0.2, 0.25) is 0 Å². The van der Waals surface area contributed by atoms with E-state index in [0.717, 1.165) is 0 Å². The first-order valence-electron chi connectivity index (χ1n) is 3.65. The van der Waals surface area contributed by atoms with E-state index in [1.54, 1.807) is 0 Å². The molecule has 0 heterocycles. The van der Waals surface area contributed by atoms with E-state index in [1.807, 2.05) is 0 Å². The van der Waals surface area contributed by atoms with Gasteiger partial charge in [-0.2, -0.15) is 0 Å². The zero-order chi connectivity index (χ0) is 9.72. The fraction of sp³-hybridized carbons (Fsp3) is 1.00. The van der Waals surface area contributed by atoms with Crippen LogP contribution in [0.3, 0.4) is 0 Å². The van der Waals surface area contributed by atoms with E-state index >= 15 is 0 Å². The van der Waals surface area contributed by atoms with Crippen molar-refractivity contribution in [3.05, 3.63) is 0 Å². The van der Waals surface area contributed by atoms with Crippen LogP contribution in [0.5, 0.6) is 0 Å². The fourth-order valence-electron chi connectivity index (χ4n) is 0.749. The molecule has 0 saturated heterocycles. The van der Waals surface area contributed by atoms with Crippen molar-refractivity contribution in [3.63, 3.8) is 0 Å². The number of aliphatic hydroxyl groups is 4. The summed E-state index contributed by atoms with van der Waals surface area (Å²) in [5, 5.41) is 35.4. The van der Waals surface area contributed by atoms with Crippen LogP contribution in [0.25, 0.3) is 0 Å². The van der Waals surface area contributed by atoms with Gasteiger partial charge in [0.25, 0.3) is 0 Å². The SMILES string of the molecule is NC(N)C(O)C(O)CC(O)CO. The van der Waals surface area contributed by atoms with E-state index in [2.05, 4.69) is 0 Å². The molecule has 6 nitrogen and oxygen atoms in total. The molecule has 0 aromatic carbocycles. The van der Waals surface area contributed by atoms with Crippen molar-refractivity contribution in [1.82, 2.24) is 0 Å². The van der Waals surface area contributed by atoms with Gasteiger partial charge in [0.2, 0.25) is 0 Å². The van der Waals surface area contributed by atoms with E-state index in [4.69, 9.17) is 31.9 Å². The van der Waals surface area contributed by atoms with Crippen LogP contribution >= 0.6 is 0 Å². The standard InChI is InChI=1S/C6H16N2O4/c7-6(8)5(12)4(11)1-3(10)2-9/h3-6,9-12H,1-2,7-8H2. The van der Waals surface area contributed by atoms with Crippen LogP contribution in [0, 0.1) is 0 Å². The third-order valence-electron chi connectivity index (χ3n) is 1.51. The molecule has 74 valence electrons. The van der Waals surface area contributed by atoms with E-state index in [1.165, 1.54) is 0 Å². The Balaban J connectivity index is 3.78. The predicted molar refractivity (Wildman–Crippen MR) is 41.9 cm³/mol. The lowest BCUT2D eigenvalue weighted by molar-refractivity contribution is -0.0321. The topological polar surface area (TPSA) is 133 Å². The van der Waals surface area contributed by atoms with Crippen LogP contribution in [-0.2, 0) is 0 Å². The summed E-state index contributed by atoms with van der Waals surface area (Å²) in [5.41, 5.74) is 10.2. The van der Waals surface area contributed by atoms with Crippen LogP contribution < -0.4 is 11.5 Å². The normalized spacial score (nSPS) is 19.2. The molecule has 0 rings (SSSR count). The number of hydrogen-bond donors (Lipinski definition) is 6. The van der Waals surface area contributed by atoms with Crippen LogP contribution in [0.4, 0.5) is 0 Å². The molecule has 6 heteroatoms. The Labute approximate surface area is 70.4 Å². The zero-order valence-corrected chi connectivity index (χ0v) is 6.67. The van der Waals surface area contributed by atoms with E-state index in [-0.39, 0.29) is 6.42 Å². The quantitative estimate of drug-likeness (QED) is 0.245. The largest absolute Gasteiger partial charge is 0.394 e. The third-order valence-corrected chi connectivity index (χ3v) is 1.51. The molecule has 0 saturated carbocycles. The molecule has 0 aromatic rings. The highest BCUT2D eigenvalue weighted by atomic mass is 16.3. The summed E-state index contributed by atoms with van der Waals surface area (Å²) in [6, 6.07) is 0. The molecule has 12 heavy (non-hydrogen) atoms. The average molecular weight is 180 g/mol. The number of rotatable bonds is 5. The highest BCUT2D eigenvalue weighted by Gasteiger charge is 2.22. The molecule has 0 aliphatic carbocycles. The van der Waals surface area contributed by atoms with Crippen LogP contribution in [-0.4, -0.2) is 51.5 Å². The van der Waals surface area contributed by atoms with Crippen molar-refractivity contribution in [2.75, 3.05) is 6.61 Å². The molecule has 3 atom stereocenters. The molecule has 0 fully saturated rings. The number of nitrogens with two attached hydrogens (primary N) is 2. The summed E-state index contributed by atoms with van der Waals surface area (Å²) >= 11 is 0. The van der Waals surface area contributed by atoms with Crippen molar-refractivity contribution in [2.24, 2.45) is 11.5 Å². The van der Waals surface area contributed by atoms with Crippen molar-refractivity contribution in [3.8, 4) is 0 Å². The summed E-state index contributed by atoms with van der Waals surface area (Å²) < 4.78 is 0. The maximum absolute atomic E-state index is 9.11. The highest BCUT2D eigenvalue weighted by molar-refractivity contribution is 4.76. The lowest BCUT2D eigenvalue weighted by Crippen LogP contribution is -2.49. The van der Waals surface area contributed by atoms with Gasteiger partial charge < -0.3 is 31.9 Å². The average Bonchev–Trinajstić information content (AvgIpc) is 2.02. The van der Waals surface area contributed by atoms with Crippen molar-refractivity contribution in [1.29, 1.82) is 0 Å². The first-order chi connectivity index (χ1) is 5.49. The Hall–Kier alpha value is -0.240. The zero-order valence-electron chi connectivity index (χ0n) is 6.67. The van der Waals surface area contributed by atoms with Gasteiger partial charge in [-0.25, -0.2) is 0 Å². The summed E-state index contributed by atoms with van der Waals surface area (Å²) in [5.74, 6) is 0. The monoisotopic (exact) mass is 180 g/mol. The van der Waals surface area contributed by atoms with E-state index in [0.29, 0.717) is 0 Å². The fourth-order valence-corrected chi connectivity index (χ4v) is 0.749. The van der Waals surface area contributed by atoms with Gasteiger partial charge in [0.1, 0.15) is 6.10 Å². The molecule has 0 aromatic heterocycles.